The lowest BCUT2D eigenvalue weighted by Crippen LogP contribution is -2.11. The van der Waals surface area contributed by atoms with Crippen molar-refractivity contribution in [1.82, 2.24) is 14.8 Å². The van der Waals surface area contributed by atoms with Crippen LogP contribution in [0.2, 0.25) is 0 Å². The highest BCUT2D eigenvalue weighted by atomic mass is 16.1. The number of carbonyl (C=O) groups is 1. The summed E-state index contributed by atoms with van der Waals surface area (Å²) >= 11 is 0. The minimum absolute atomic E-state index is 0.144. The Bertz CT molecular complexity index is 734. The fourth-order valence-corrected chi connectivity index (χ4v) is 1.92. The maximum absolute atomic E-state index is 12.1. The zero-order valence-electron chi connectivity index (χ0n) is 10.4. The van der Waals surface area contributed by atoms with Crippen LogP contribution in [-0.4, -0.2) is 20.7 Å². The number of anilines is 1. The Kier molecular flexibility index (Phi) is 2.72. The van der Waals surface area contributed by atoms with Crippen LogP contribution in [-0.2, 0) is 7.05 Å². The molecule has 5 nitrogen and oxygen atoms in total. The fourth-order valence-electron chi connectivity index (χ4n) is 1.92. The van der Waals surface area contributed by atoms with Crippen molar-refractivity contribution < 1.29 is 4.79 Å². The molecular weight excluding hydrogens is 240 g/mol. The highest BCUT2D eigenvalue weighted by molar-refractivity contribution is 6.06. The first-order valence-corrected chi connectivity index (χ1v) is 5.87. The summed E-state index contributed by atoms with van der Waals surface area (Å²) in [7, 11) is 1.85. The summed E-state index contributed by atoms with van der Waals surface area (Å²) < 4.78 is 1.75. The summed E-state index contributed by atoms with van der Waals surface area (Å²) in [6.45, 7) is 0. The van der Waals surface area contributed by atoms with E-state index in [4.69, 9.17) is 0 Å². The maximum atomic E-state index is 12.1. The summed E-state index contributed by atoms with van der Waals surface area (Å²) in [6, 6.07) is 9.02. The molecule has 0 aliphatic carbocycles. The van der Waals surface area contributed by atoms with Crippen molar-refractivity contribution in [3.05, 3.63) is 54.5 Å². The molecule has 3 aromatic rings. The van der Waals surface area contributed by atoms with Crippen molar-refractivity contribution in [2.24, 2.45) is 7.05 Å². The van der Waals surface area contributed by atoms with Gasteiger partial charge in [-0.3, -0.25) is 14.5 Å². The molecule has 0 bridgehead atoms. The monoisotopic (exact) mass is 252 g/mol. The van der Waals surface area contributed by atoms with Gasteiger partial charge in [0.05, 0.1) is 11.7 Å². The van der Waals surface area contributed by atoms with E-state index >= 15 is 0 Å². The molecule has 0 unspecified atom stereocenters. The predicted octanol–water partition coefficient (Wildman–Crippen LogP) is 2.22. The molecule has 2 heterocycles. The van der Waals surface area contributed by atoms with Crippen molar-refractivity contribution >= 4 is 22.5 Å². The molecular formula is C14H12N4O. The Labute approximate surface area is 109 Å². The minimum atomic E-state index is -0.144. The molecule has 5 heteroatoms. The van der Waals surface area contributed by atoms with Crippen LogP contribution in [0, 0.1) is 0 Å². The zero-order chi connectivity index (χ0) is 13.2. The first-order chi connectivity index (χ1) is 9.24. The van der Waals surface area contributed by atoms with Gasteiger partial charge < -0.3 is 5.32 Å². The van der Waals surface area contributed by atoms with Gasteiger partial charge in [-0.2, -0.15) is 5.10 Å². The van der Waals surface area contributed by atoms with Crippen LogP contribution >= 0.6 is 0 Å². The molecule has 1 N–H and O–H groups in total. The number of benzene rings is 1. The lowest BCUT2D eigenvalue weighted by Gasteiger charge is -2.05. The first-order valence-electron chi connectivity index (χ1n) is 5.87. The van der Waals surface area contributed by atoms with Crippen molar-refractivity contribution in [3.63, 3.8) is 0 Å². The van der Waals surface area contributed by atoms with Gasteiger partial charge in [-0.25, -0.2) is 0 Å². The predicted molar refractivity (Wildman–Crippen MR) is 72.9 cm³/mol. The summed E-state index contributed by atoms with van der Waals surface area (Å²) in [5, 5.41) is 8.00. The van der Waals surface area contributed by atoms with Crippen LogP contribution in [0.15, 0.2) is 48.9 Å². The Morgan fingerprint density at radius 2 is 2.00 bits per heavy atom. The third kappa shape index (κ3) is 2.18. The average Bonchev–Trinajstić information content (AvgIpc) is 2.81. The van der Waals surface area contributed by atoms with E-state index in [1.165, 1.54) is 0 Å². The molecule has 0 aliphatic rings. The number of aryl methyl sites for hydroxylation is 1. The van der Waals surface area contributed by atoms with Crippen molar-refractivity contribution in [2.75, 3.05) is 5.32 Å². The number of rotatable bonds is 2. The van der Waals surface area contributed by atoms with Crippen LogP contribution in [0.1, 0.15) is 10.4 Å². The fraction of sp³-hybridized carbons (Fsp3) is 0.0714. The van der Waals surface area contributed by atoms with Crippen molar-refractivity contribution in [2.45, 2.75) is 0 Å². The molecule has 0 saturated heterocycles. The van der Waals surface area contributed by atoms with Gasteiger partial charge in [0.2, 0.25) is 0 Å². The second-order valence-electron chi connectivity index (χ2n) is 4.23. The topological polar surface area (TPSA) is 59.8 Å². The molecule has 1 amide bonds. The van der Waals surface area contributed by atoms with E-state index in [0.717, 1.165) is 16.6 Å². The first kappa shape index (κ1) is 11.4. The number of hydrogen-bond acceptors (Lipinski definition) is 3. The lowest BCUT2D eigenvalue weighted by atomic mass is 10.1. The van der Waals surface area contributed by atoms with Gasteiger partial charge >= 0.3 is 0 Å². The van der Waals surface area contributed by atoms with Crippen LogP contribution in [0.25, 0.3) is 10.9 Å². The summed E-state index contributed by atoms with van der Waals surface area (Å²) in [5.41, 5.74) is 2.26. The van der Waals surface area contributed by atoms with Gasteiger partial charge in [0.1, 0.15) is 0 Å². The third-order valence-corrected chi connectivity index (χ3v) is 2.95. The smallest absolute Gasteiger partial charge is 0.255 e. The zero-order valence-corrected chi connectivity index (χ0v) is 10.4. The number of carbonyl (C=O) groups excluding carboxylic acids is 1. The summed E-state index contributed by atoms with van der Waals surface area (Å²) in [4.78, 5) is 16.0. The van der Waals surface area contributed by atoms with E-state index in [-0.39, 0.29) is 5.91 Å². The lowest BCUT2D eigenvalue weighted by molar-refractivity contribution is 0.102. The maximum Gasteiger partial charge on any atom is 0.255 e. The quantitative estimate of drug-likeness (QED) is 0.760. The standard InChI is InChI=1S/C14H12N4O/c1-18-13-8-10(2-3-11(13)9-16-18)14(19)17-12-4-6-15-7-5-12/h2-9H,1H3,(H,15,17,19). The number of aromatic nitrogens is 3. The minimum Gasteiger partial charge on any atom is -0.322 e. The molecule has 1 aromatic carbocycles. The molecule has 0 radical (unpaired) electrons. The molecule has 3 rings (SSSR count). The number of nitrogens with one attached hydrogen (secondary N) is 1. The van der Waals surface area contributed by atoms with Crippen LogP contribution < -0.4 is 5.32 Å². The van der Waals surface area contributed by atoms with E-state index in [0.29, 0.717) is 5.56 Å². The van der Waals surface area contributed by atoms with Gasteiger partial charge in [-0.1, -0.05) is 6.07 Å². The van der Waals surface area contributed by atoms with Crippen LogP contribution in [0.3, 0.4) is 0 Å². The second-order valence-corrected chi connectivity index (χ2v) is 4.23. The molecule has 19 heavy (non-hydrogen) atoms. The van der Waals surface area contributed by atoms with E-state index < -0.39 is 0 Å². The molecule has 2 aromatic heterocycles. The number of amides is 1. The molecule has 0 saturated carbocycles. The van der Waals surface area contributed by atoms with Crippen molar-refractivity contribution in [3.8, 4) is 0 Å². The number of nitrogens with zero attached hydrogens (tertiary/aromatic N) is 3. The third-order valence-electron chi connectivity index (χ3n) is 2.95. The van der Waals surface area contributed by atoms with Gasteiger partial charge in [-0.15, -0.1) is 0 Å². The Balaban J connectivity index is 1.91. The van der Waals surface area contributed by atoms with Crippen LogP contribution in [0.5, 0.6) is 0 Å². The van der Waals surface area contributed by atoms with Gasteiger partial charge in [0.25, 0.3) is 5.91 Å². The number of hydrogen-bond donors (Lipinski definition) is 1. The molecule has 0 spiro atoms. The Hall–Kier alpha value is -2.69. The molecule has 0 atom stereocenters. The van der Waals surface area contributed by atoms with E-state index in [1.54, 1.807) is 41.5 Å². The van der Waals surface area contributed by atoms with Crippen LogP contribution in [0.4, 0.5) is 5.69 Å². The SMILES string of the molecule is Cn1ncc2ccc(C(=O)Nc3ccncc3)cc21. The summed E-state index contributed by atoms with van der Waals surface area (Å²) in [5.74, 6) is -0.144. The highest BCUT2D eigenvalue weighted by Gasteiger charge is 2.08. The molecule has 94 valence electrons. The number of fused-ring (bicyclic) bond motifs is 1. The normalized spacial score (nSPS) is 10.6. The van der Waals surface area contributed by atoms with Gasteiger partial charge in [-0.05, 0) is 24.3 Å². The van der Waals surface area contributed by atoms with E-state index in [1.807, 2.05) is 19.2 Å². The molecule has 0 aliphatic heterocycles. The van der Waals surface area contributed by atoms with Crippen molar-refractivity contribution in [1.29, 1.82) is 0 Å². The Morgan fingerprint density at radius 3 is 2.79 bits per heavy atom. The molecule has 0 fully saturated rings. The van der Waals surface area contributed by atoms with Gasteiger partial charge in [0, 0.05) is 36.1 Å². The highest BCUT2D eigenvalue weighted by Crippen LogP contribution is 2.16. The Morgan fingerprint density at radius 1 is 1.21 bits per heavy atom. The van der Waals surface area contributed by atoms with Gasteiger partial charge in [0.15, 0.2) is 0 Å². The second kappa shape index (κ2) is 4.53. The summed E-state index contributed by atoms with van der Waals surface area (Å²) in [6.07, 6.45) is 5.06. The average molecular weight is 252 g/mol. The largest absolute Gasteiger partial charge is 0.322 e. The number of pyridine rings is 1. The van der Waals surface area contributed by atoms with E-state index in [2.05, 4.69) is 15.4 Å². The van der Waals surface area contributed by atoms with E-state index in [9.17, 15) is 4.79 Å².